The van der Waals surface area contributed by atoms with Crippen molar-refractivity contribution < 1.29 is 4.74 Å². The molecule has 2 aromatic rings. The van der Waals surface area contributed by atoms with Crippen molar-refractivity contribution in [2.75, 3.05) is 0 Å². The predicted octanol–water partition coefficient (Wildman–Crippen LogP) is 4.92. The second kappa shape index (κ2) is 6.55. The first-order valence-corrected chi connectivity index (χ1v) is 7.38. The lowest BCUT2D eigenvalue weighted by Crippen LogP contribution is -2.00. The van der Waals surface area contributed by atoms with Gasteiger partial charge in [-0.05, 0) is 39.7 Å². The molecule has 0 aliphatic rings. The van der Waals surface area contributed by atoms with E-state index in [0.717, 1.165) is 20.1 Å². The first kappa shape index (κ1) is 13.8. The van der Waals surface area contributed by atoms with Crippen LogP contribution in [0.5, 0.6) is 5.88 Å². The maximum Gasteiger partial charge on any atom is 0.218 e. The number of nitrogens with zero attached hydrogens (tertiary/aromatic N) is 1. The molecule has 0 aliphatic heterocycles. The van der Waals surface area contributed by atoms with E-state index >= 15 is 0 Å². The van der Waals surface area contributed by atoms with E-state index in [1.165, 1.54) is 0 Å². The number of halogens is 3. The number of benzene rings is 1. The van der Waals surface area contributed by atoms with Gasteiger partial charge < -0.3 is 4.74 Å². The van der Waals surface area contributed by atoms with E-state index in [1.54, 1.807) is 6.20 Å². The Morgan fingerprint density at radius 3 is 2.72 bits per heavy atom. The van der Waals surface area contributed by atoms with Gasteiger partial charge in [-0.1, -0.05) is 28.1 Å². The number of ether oxygens (including phenoxy) is 1. The Morgan fingerprint density at radius 2 is 2.00 bits per heavy atom. The minimum atomic E-state index is 0.375. The van der Waals surface area contributed by atoms with Crippen LogP contribution in [0, 0.1) is 0 Å². The summed E-state index contributed by atoms with van der Waals surface area (Å²) in [4.78, 5) is 4.22. The average Bonchev–Trinajstić information content (AvgIpc) is 2.37. The number of alkyl halides is 1. The molecule has 1 aromatic heterocycles. The predicted molar refractivity (Wildman–Crippen MR) is 80.0 cm³/mol. The Bertz CT molecular complexity index is 548. The molecule has 0 fully saturated rings. The van der Waals surface area contributed by atoms with Crippen molar-refractivity contribution >= 4 is 43.5 Å². The van der Waals surface area contributed by atoms with Crippen LogP contribution in [-0.4, -0.2) is 4.98 Å². The van der Waals surface area contributed by atoms with E-state index in [0.29, 0.717) is 18.4 Å². The standard InChI is InChI=1S/C13H10Br2ClNO/c14-11-3-1-2-9(4-11)8-18-13-10(6-16)5-12(15)7-17-13/h1-5,7H,6,8H2. The third-order valence-corrected chi connectivity index (χ3v) is 3.52. The summed E-state index contributed by atoms with van der Waals surface area (Å²) >= 11 is 12.7. The van der Waals surface area contributed by atoms with Gasteiger partial charge in [0.2, 0.25) is 5.88 Å². The van der Waals surface area contributed by atoms with Gasteiger partial charge in [-0.3, -0.25) is 0 Å². The Hall–Kier alpha value is -0.580. The van der Waals surface area contributed by atoms with Gasteiger partial charge in [-0.15, -0.1) is 11.6 Å². The van der Waals surface area contributed by atoms with Crippen molar-refractivity contribution in [1.29, 1.82) is 0 Å². The molecular formula is C13H10Br2ClNO. The van der Waals surface area contributed by atoms with Crippen LogP contribution in [0.4, 0.5) is 0 Å². The second-order valence-corrected chi connectivity index (χ2v) is 5.77. The molecule has 0 bridgehead atoms. The molecule has 0 unspecified atom stereocenters. The van der Waals surface area contributed by atoms with Gasteiger partial charge in [0.1, 0.15) is 6.61 Å². The summed E-state index contributed by atoms with van der Waals surface area (Å²) in [5, 5.41) is 0. The van der Waals surface area contributed by atoms with Crippen LogP contribution < -0.4 is 4.74 Å². The molecule has 2 rings (SSSR count). The highest BCUT2D eigenvalue weighted by molar-refractivity contribution is 9.10. The highest BCUT2D eigenvalue weighted by Gasteiger charge is 2.06. The largest absolute Gasteiger partial charge is 0.473 e. The molecule has 0 saturated heterocycles. The van der Waals surface area contributed by atoms with E-state index < -0.39 is 0 Å². The topological polar surface area (TPSA) is 22.1 Å². The number of aromatic nitrogens is 1. The van der Waals surface area contributed by atoms with Crippen molar-refractivity contribution in [2.45, 2.75) is 12.5 Å². The Balaban J connectivity index is 2.10. The molecule has 2 nitrogen and oxygen atoms in total. The first-order valence-electron chi connectivity index (χ1n) is 5.26. The van der Waals surface area contributed by atoms with Gasteiger partial charge in [0.05, 0.1) is 5.88 Å². The number of hydrogen-bond acceptors (Lipinski definition) is 2. The van der Waals surface area contributed by atoms with Gasteiger partial charge in [-0.2, -0.15) is 0 Å². The molecule has 0 amide bonds. The maximum absolute atomic E-state index is 5.86. The zero-order valence-electron chi connectivity index (χ0n) is 9.37. The van der Waals surface area contributed by atoms with Gasteiger partial charge in [0.25, 0.3) is 0 Å². The second-order valence-electron chi connectivity index (χ2n) is 3.67. The maximum atomic E-state index is 5.86. The van der Waals surface area contributed by atoms with E-state index in [9.17, 15) is 0 Å². The minimum Gasteiger partial charge on any atom is -0.473 e. The van der Waals surface area contributed by atoms with Crippen LogP contribution in [0.2, 0.25) is 0 Å². The summed E-state index contributed by atoms with van der Waals surface area (Å²) in [5.74, 6) is 0.952. The third-order valence-electron chi connectivity index (χ3n) is 2.30. The van der Waals surface area contributed by atoms with Crippen LogP contribution in [-0.2, 0) is 12.5 Å². The SMILES string of the molecule is ClCc1cc(Br)cnc1OCc1cccc(Br)c1. The molecule has 0 spiro atoms. The van der Waals surface area contributed by atoms with Crippen LogP contribution in [0.3, 0.4) is 0 Å². The van der Waals surface area contributed by atoms with Gasteiger partial charge in [0.15, 0.2) is 0 Å². The number of hydrogen-bond donors (Lipinski definition) is 0. The molecule has 18 heavy (non-hydrogen) atoms. The summed E-state index contributed by atoms with van der Waals surface area (Å²) in [7, 11) is 0. The highest BCUT2D eigenvalue weighted by atomic mass is 79.9. The Labute approximate surface area is 128 Å². The fourth-order valence-electron chi connectivity index (χ4n) is 1.47. The normalized spacial score (nSPS) is 10.4. The lowest BCUT2D eigenvalue weighted by atomic mass is 10.2. The molecule has 1 heterocycles. The van der Waals surface area contributed by atoms with Crippen LogP contribution >= 0.6 is 43.5 Å². The monoisotopic (exact) mass is 389 g/mol. The summed E-state index contributed by atoms with van der Waals surface area (Å²) in [5.41, 5.74) is 1.95. The van der Waals surface area contributed by atoms with Crippen LogP contribution in [0.25, 0.3) is 0 Å². The lowest BCUT2D eigenvalue weighted by Gasteiger charge is -2.09. The molecule has 0 N–H and O–H groups in total. The van der Waals surface area contributed by atoms with Crippen LogP contribution in [0.15, 0.2) is 45.5 Å². The van der Waals surface area contributed by atoms with E-state index in [-0.39, 0.29) is 0 Å². The zero-order chi connectivity index (χ0) is 13.0. The molecule has 0 atom stereocenters. The molecule has 0 saturated carbocycles. The van der Waals surface area contributed by atoms with Gasteiger partial charge >= 0.3 is 0 Å². The lowest BCUT2D eigenvalue weighted by molar-refractivity contribution is 0.291. The molecule has 0 aliphatic carbocycles. The average molecular weight is 391 g/mol. The smallest absolute Gasteiger partial charge is 0.218 e. The van der Waals surface area contributed by atoms with Crippen molar-refractivity contribution in [2.24, 2.45) is 0 Å². The van der Waals surface area contributed by atoms with Crippen molar-refractivity contribution in [1.82, 2.24) is 4.98 Å². The summed E-state index contributed by atoms with van der Waals surface area (Å²) in [6, 6.07) is 9.88. The quantitative estimate of drug-likeness (QED) is 0.690. The third kappa shape index (κ3) is 3.70. The summed E-state index contributed by atoms with van der Waals surface area (Å²) in [6.45, 7) is 0.470. The van der Waals surface area contributed by atoms with Crippen LogP contribution in [0.1, 0.15) is 11.1 Å². The van der Waals surface area contributed by atoms with E-state index in [2.05, 4.69) is 36.8 Å². The molecule has 94 valence electrons. The summed E-state index contributed by atoms with van der Waals surface area (Å²) in [6.07, 6.45) is 1.70. The minimum absolute atomic E-state index is 0.375. The van der Waals surface area contributed by atoms with Crippen molar-refractivity contribution in [3.63, 3.8) is 0 Å². The number of pyridine rings is 1. The first-order chi connectivity index (χ1) is 8.69. The fraction of sp³-hybridized carbons (Fsp3) is 0.154. The molecule has 5 heteroatoms. The van der Waals surface area contributed by atoms with E-state index in [4.69, 9.17) is 16.3 Å². The van der Waals surface area contributed by atoms with Crippen molar-refractivity contribution in [3.8, 4) is 5.88 Å². The Kier molecular flexibility index (Phi) is 5.03. The molecule has 0 radical (unpaired) electrons. The summed E-state index contributed by atoms with van der Waals surface area (Å²) < 4.78 is 7.62. The highest BCUT2D eigenvalue weighted by Crippen LogP contribution is 2.23. The van der Waals surface area contributed by atoms with Crippen molar-refractivity contribution in [3.05, 3.63) is 56.6 Å². The molecular weight excluding hydrogens is 381 g/mol. The van der Waals surface area contributed by atoms with Gasteiger partial charge in [-0.25, -0.2) is 4.98 Å². The van der Waals surface area contributed by atoms with Gasteiger partial charge in [0, 0.05) is 20.7 Å². The fourth-order valence-corrected chi connectivity index (χ4v) is 2.49. The van der Waals surface area contributed by atoms with E-state index in [1.807, 2.05) is 30.3 Å². The zero-order valence-corrected chi connectivity index (χ0v) is 13.3. The number of rotatable bonds is 4. The Morgan fingerprint density at radius 1 is 1.17 bits per heavy atom. The molecule has 1 aromatic carbocycles.